The Labute approximate surface area is 166 Å². The lowest BCUT2D eigenvalue weighted by molar-refractivity contribution is -0.384. The standard InChI is InChI=1S/C19H19N3O7/c1-3-28-19(25)13-7-12(8-15(9-13)22(26)27)18(24)21-14-5-4-6-16(10-14)29-11-17(23)20-2/h4-10H,3,11H2,1-2H3,(H,20,23)(H,21,24). The van der Waals surface area contributed by atoms with E-state index in [4.69, 9.17) is 9.47 Å². The Morgan fingerprint density at radius 3 is 2.48 bits per heavy atom. The molecular weight excluding hydrogens is 382 g/mol. The van der Waals surface area contributed by atoms with Gasteiger partial charge in [-0.1, -0.05) is 6.07 Å². The number of nitrogens with one attached hydrogen (secondary N) is 2. The molecule has 0 radical (unpaired) electrons. The number of hydrogen-bond donors (Lipinski definition) is 2. The highest BCUT2D eigenvalue weighted by Crippen LogP contribution is 2.21. The zero-order valence-electron chi connectivity index (χ0n) is 15.8. The Morgan fingerprint density at radius 1 is 1.10 bits per heavy atom. The predicted octanol–water partition coefficient (Wildman–Crippen LogP) is 2.15. The van der Waals surface area contributed by atoms with E-state index in [9.17, 15) is 24.5 Å². The monoisotopic (exact) mass is 401 g/mol. The fourth-order valence-electron chi connectivity index (χ4n) is 2.27. The zero-order chi connectivity index (χ0) is 21.4. The van der Waals surface area contributed by atoms with Gasteiger partial charge in [0.25, 0.3) is 17.5 Å². The quantitative estimate of drug-likeness (QED) is 0.393. The number of anilines is 1. The highest BCUT2D eigenvalue weighted by atomic mass is 16.6. The van der Waals surface area contributed by atoms with Gasteiger partial charge in [-0.25, -0.2) is 4.79 Å². The molecule has 0 unspecified atom stereocenters. The molecule has 2 rings (SSSR count). The lowest BCUT2D eigenvalue weighted by Gasteiger charge is -2.10. The maximum Gasteiger partial charge on any atom is 0.338 e. The molecule has 152 valence electrons. The van der Waals surface area contributed by atoms with Crippen LogP contribution in [-0.4, -0.2) is 43.0 Å². The molecule has 0 fully saturated rings. The molecule has 0 aliphatic rings. The Morgan fingerprint density at radius 2 is 1.83 bits per heavy atom. The number of esters is 1. The Hall–Kier alpha value is -3.95. The Bertz CT molecular complexity index is 943. The van der Waals surface area contributed by atoms with E-state index < -0.39 is 22.5 Å². The number of hydrogen-bond acceptors (Lipinski definition) is 7. The highest BCUT2D eigenvalue weighted by molar-refractivity contribution is 6.06. The van der Waals surface area contributed by atoms with E-state index in [0.717, 1.165) is 12.1 Å². The number of nitro benzene ring substituents is 1. The average molecular weight is 401 g/mol. The van der Waals surface area contributed by atoms with Gasteiger partial charge in [-0.3, -0.25) is 19.7 Å². The van der Waals surface area contributed by atoms with E-state index in [2.05, 4.69) is 10.6 Å². The van der Waals surface area contributed by atoms with Gasteiger partial charge in [0.2, 0.25) is 0 Å². The first-order valence-corrected chi connectivity index (χ1v) is 8.55. The van der Waals surface area contributed by atoms with E-state index >= 15 is 0 Å². The van der Waals surface area contributed by atoms with Gasteiger partial charge >= 0.3 is 5.97 Å². The molecule has 2 amide bonds. The number of likely N-dealkylation sites (N-methyl/N-ethyl adjacent to an activating group) is 1. The van der Waals surface area contributed by atoms with Gasteiger partial charge in [-0.05, 0) is 25.1 Å². The van der Waals surface area contributed by atoms with Gasteiger partial charge in [-0.15, -0.1) is 0 Å². The third-order valence-corrected chi connectivity index (χ3v) is 3.64. The molecule has 0 aromatic heterocycles. The lowest BCUT2D eigenvalue weighted by Crippen LogP contribution is -2.24. The number of nitro groups is 1. The summed E-state index contributed by atoms with van der Waals surface area (Å²) in [7, 11) is 1.48. The van der Waals surface area contributed by atoms with E-state index in [-0.39, 0.29) is 30.2 Å². The minimum atomic E-state index is -0.769. The summed E-state index contributed by atoms with van der Waals surface area (Å²) in [5, 5.41) is 16.1. The second-order valence-corrected chi connectivity index (χ2v) is 5.69. The van der Waals surface area contributed by atoms with Gasteiger partial charge < -0.3 is 20.1 Å². The van der Waals surface area contributed by atoms with Gasteiger partial charge in [0, 0.05) is 36.5 Å². The smallest absolute Gasteiger partial charge is 0.338 e. The van der Waals surface area contributed by atoms with Crippen molar-refractivity contribution < 1.29 is 28.8 Å². The molecule has 0 saturated heterocycles. The number of rotatable bonds is 8. The largest absolute Gasteiger partial charge is 0.484 e. The maximum absolute atomic E-state index is 12.6. The molecule has 0 aliphatic carbocycles. The number of amides is 2. The number of ether oxygens (including phenoxy) is 2. The summed E-state index contributed by atoms with van der Waals surface area (Å²) in [5.41, 5.74) is -0.259. The zero-order valence-corrected chi connectivity index (χ0v) is 15.8. The number of nitrogens with zero attached hydrogens (tertiary/aromatic N) is 1. The average Bonchev–Trinajstić information content (AvgIpc) is 2.72. The summed E-state index contributed by atoms with van der Waals surface area (Å²) in [5.74, 6) is -1.40. The molecular formula is C19H19N3O7. The van der Waals surface area contributed by atoms with Crippen molar-refractivity contribution >= 4 is 29.2 Å². The second-order valence-electron chi connectivity index (χ2n) is 5.69. The molecule has 0 saturated carbocycles. The van der Waals surface area contributed by atoms with Crippen molar-refractivity contribution in [1.82, 2.24) is 5.32 Å². The SMILES string of the molecule is CCOC(=O)c1cc(C(=O)Nc2cccc(OCC(=O)NC)c2)cc([N+](=O)[O-])c1. The van der Waals surface area contributed by atoms with Crippen LogP contribution in [0.5, 0.6) is 5.75 Å². The first kappa shape index (κ1) is 21.4. The van der Waals surface area contributed by atoms with Crippen molar-refractivity contribution in [2.24, 2.45) is 0 Å². The van der Waals surface area contributed by atoms with Crippen LogP contribution in [0.25, 0.3) is 0 Å². The molecule has 2 N–H and O–H groups in total. The normalized spacial score (nSPS) is 10.0. The lowest BCUT2D eigenvalue weighted by atomic mass is 10.1. The van der Waals surface area contributed by atoms with Crippen molar-refractivity contribution in [2.45, 2.75) is 6.92 Å². The minimum absolute atomic E-state index is 0.0843. The van der Waals surface area contributed by atoms with E-state index in [1.807, 2.05) is 0 Å². The number of carbonyl (C=O) groups is 3. The van der Waals surface area contributed by atoms with E-state index in [1.165, 1.54) is 19.2 Å². The van der Waals surface area contributed by atoms with Crippen molar-refractivity contribution in [3.8, 4) is 5.75 Å². The van der Waals surface area contributed by atoms with Gasteiger partial charge in [0.15, 0.2) is 6.61 Å². The molecule has 0 aliphatic heterocycles. The summed E-state index contributed by atoms with van der Waals surface area (Å²) in [6, 6.07) is 9.59. The third-order valence-electron chi connectivity index (χ3n) is 3.64. The number of benzene rings is 2. The van der Waals surface area contributed by atoms with Crippen LogP contribution in [0.3, 0.4) is 0 Å². The van der Waals surface area contributed by atoms with Crippen LogP contribution in [-0.2, 0) is 9.53 Å². The van der Waals surface area contributed by atoms with E-state index in [1.54, 1.807) is 25.1 Å². The number of non-ortho nitro benzene ring substituents is 1. The predicted molar refractivity (Wildman–Crippen MR) is 103 cm³/mol. The van der Waals surface area contributed by atoms with Crippen LogP contribution >= 0.6 is 0 Å². The van der Waals surface area contributed by atoms with Crippen molar-refractivity contribution in [3.63, 3.8) is 0 Å². The molecule has 10 heteroatoms. The summed E-state index contributed by atoms with van der Waals surface area (Å²) in [4.78, 5) is 46.2. The van der Waals surface area contributed by atoms with Crippen LogP contribution in [0.2, 0.25) is 0 Å². The van der Waals surface area contributed by atoms with Gasteiger partial charge in [0.05, 0.1) is 17.1 Å². The van der Waals surface area contributed by atoms with Gasteiger partial charge in [-0.2, -0.15) is 0 Å². The van der Waals surface area contributed by atoms with Crippen LogP contribution in [0.1, 0.15) is 27.6 Å². The summed E-state index contributed by atoms with van der Waals surface area (Å²) >= 11 is 0. The molecule has 2 aromatic carbocycles. The summed E-state index contributed by atoms with van der Waals surface area (Å²) in [6.45, 7) is 1.50. The number of carbonyl (C=O) groups excluding carboxylic acids is 3. The first-order chi connectivity index (χ1) is 13.8. The van der Waals surface area contributed by atoms with Gasteiger partial charge in [0.1, 0.15) is 5.75 Å². The van der Waals surface area contributed by atoms with Crippen LogP contribution in [0.4, 0.5) is 11.4 Å². The van der Waals surface area contributed by atoms with Crippen molar-refractivity contribution in [3.05, 3.63) is 63.7 Å². The molecule has 2 aromatic rings. The molecule has 0 bridgehead atoms. The van der Waals surface area contributed by atoms with Crippen LogP contribution < -0.4 is 15.4 Å². The fourth-order valence-corrected chi connectivity index (χ4v) is 2.27. The fraction of sp³-hybridized carbons (Fsp3) is 0.211. The van der Waals surface area contributed by atoms with Crippen molar-refractivity contribution in [1.29, 1.82) is 0 Å². The first-order valence-electron chi connectivity index (χ1n) is 8.55. The summed E-state index contributed by atoms with van der Waals surface area (Å²) in [6.07, 6.45) is 0. The van der Waals surface area contributed by atoms with Crippen LogP contribution in [0.15, 0.2) is 42.5 Å². The third kappa shape index (κ3) is 6.03. The van der Waals surface area contributed by atoms with Crippen LogP contribution in [0, 0.1) is 10.1 Å². The van der Waals surface area contributed by atoms with Crippen molar-refractivity contribution in [2.75, 3.05) is 25.6 Å². The minimum Gasteiger partial charge on any atom is -0.484 e. The Kier molecular flexibility index (Phi) is 7.24. The topological polar surface area (TPSA) is 137 Å². The molecule has 0 atom stereocenters. The second kappa shape index (κ2) is 9.83. The molecule has 0 spiro atoms. The summed E-state index contributed by atoms with van der Waals surface area (Å²) < 4.78 is 10.1. The molecule has 0 heterocycles. The highest BCUT2D eigenvalue weighted by Gasteiger charge is 2.19. The molecule has 29 heavy (non-hydrogen) atoms. The maximum atomic E-state index is 12.6. The molecule has 10 nitrogen and oxygen atoms in total. The van der Waals surface area contributed by atoms with E-state index in [0.29, 0.717) is 11.4 Å². The Balaban J connectivity index is 2.22.